The third kappa shape index (κ3) is 6.70. The fraction of sp³-hybridized carbons (Fsp3) is 0.571. The van der Waals surface area contributed by atoms with Crippen molar-refractivity contribution in [3.05, 3.63) is 35.9 Å². The number of rotatable bonds is 3. The number of benzene rings is 1. The van der Waals surface area contributed by atoms with Gasteiger partial charge in [0.2, 0.25) is 17.7 Å². The average Bonchev–Trinajstić information content (AvgIpc) is 2.63. The number of nitrogens with one attached hydrogen (secondary N) is 2. The van der Waals surface area contributed by atoms with E-state index in [9.17, 15) is 14.4 Å². The Balaban J connectivity index is 2.22. The van der Waals surface area contributed by atoms with Gasteiger partial charge in [-0.2, -0.15) is 0 Å². The van der Waals surface area contributed by atoms with E-state index in [2.05, 4.69) is 10.6 Å². The quantitative estimate of drug-likeness (QED) is 0.853. The first kappa shape index (κ1) is 20.9. The third-order valence-corrected chi connectivity index (χ3v) is 4.77. The Hall–Kier alpha value is -2.37. The van der Waals surface area contributed by atoms with Crippen LogP contribution in [0.5, 0.6) is 0 Å². The molecule has 0 spiro atoms. The van der Waals surface area contributed by atoms with E-state index < -0.39 is 6.04 Å². The molecule has 1 aromatic rings. The Bertz CT molecular complexity index is 631. The number of nitrogens with zero attached hydrogens (tertiary/aromatic N) is 1. The van der Waals surface area contributed by atoms with Crippen LogP contribution in [0.1, 0.15) is 51.5 Å². The maximum atomic E-state index is 13.0. The predicted octanol–water partition coefficient (Wildman–Crippen LogP) is 2.24. The minimum absolute atomic E-state index is 0.00568. The summed E-state index contributed by atoms with van der Waals surface area (Å²) in [6.07, 6.45) is 2.71. The molecule has 1 saturated heterocycles. The molecular weight excluding hydrogens is 342 g/mol. The fourth-order valence-corrected chi connectivity index (χ4v) is 3.35. The molecule has 1 unspecified atom stereocenters. The Kier molecular flexibility index (Phi) is 8.30. The standard InChI is InChI=1S/C21H31N3O3/c1-16(2)20-21(27)23-14-7-6-13-22-18(25)11-8-12-19(26)24(20)15-17-9-4-3-5-10-17/h3-5,9-10,16,20H,6-8,11-15H2,1-2H3,(H,22,25)(H,23,27). The Labute approximate surface area is 161 Å². The lowest BCUT2D eigenvalue weighted by Crippen LogP contribution is -2.52. The zero-order chi connectivity index (χ0) is 19.6. The summed E-state index contributed by atoms with van der Waals surface area (Å²) in [5, 5.41) is 5.83. The average molecular weight is 373 g/mol. The first-order valence-electron chi connectivity index (χ1n) is 9.87. The van der Waals surface area contributed by atoms with Crippen molar-refractivity contribution in [2.24, 2.45) is 5.92 Å². The second-order valence-electron chi connectivity index (χ2n) is 7.40. The van der Waals surface area contributed by atoms with E-state index in [1.807, 2.05) is 44.2 Å². The molecule has 0 saturated carbocycles. The first-order valence-corrected chi connectivity index (χ1v) is 9.87. The summed E-state index contributed by atoms with van der Waals surface area (Å²) in [6.45, 7) is 5.47. The van der Waals surface area contributed by atoms with Crippen LogP contribution in [0.25, 0.3) is 0 Å². The molecule has 1 aliphatic heterocycles. The van der Waals surface area contributed by atoms with Crippen molar-refractivity contribution >= 4 is 17.7 Å². The number of carbonyl (C=O) groups is 3. The Morgan fingerprint density at radius 1 is 0.963 bits per heavy atom. The zero-order valence-corrected chi connectivity index (χ0v) is 16.4. The molecule has 148 valence electrons. The van der Waals surface area contributed by atoms with Gasteiger partial charge in [-0.3, -0.25) is 14.4 Å². The summed E-state index contributed by atoms with van der Waals surface area (Å²) < 4.78 is 0. The lowest BCUT2D eigenvalue weighted by molar-refractivity contribution is -0.143. The topological polar surface area (TPSA) is 78.5 Å². The van der Waals surface area contributed by atoms with E-state index in [-0.39, 0.29) is 30.1 Å². The van der Waals surface area contributed by atoms with Gasteiger partial charge in [-0.15, -0.1) is 0 Å². The molecule has 27 heavy (non-hydrogen) atoms. The smallest absolute Gasteiger partial charge is 0.243 e. The van der Waals surface area contributed by atoms with E-state index in [4.69, 9.17) is 0 Å². The van der Waals surface area contributed by atoms with Gasteiger partial charge in [-0.1, -0.05) is 44.2 Å². The van der Waals surface area contributed by atoms with Gasteiger partial charge in [0.1, 0.15) is 6.04 Å². The maximum absolute atomic E-state index is 13.0. The molecule has 0 aromatic heterocycles. The summed E-state index contributed by atoms with van der Waals surface area (Å²) >= 11 is 0. The van der Waals surface area contributed by atoms with Crippen molar-refractivity contribution in [2.75, 3.05) is 13.1 Å². The summed E-state index contributed by atoms with van der Waals surface area (Å²) in [6, 6.07) is 9.19. The summed E-state index contributed by atoms with van der Waals surface area (Å²) in [5.41, 5.74) is 0.989. The van der Waals surface area contributed by atoms with E-state index in [1.54, 1.807) is 4.90 Å². The lowest BCUT2D eigenvalue weighted by Gasteiger charge is -2.34. The largest absolute Gasteiger partial charge is 0.356 e. The maximum Gasteiger partial charge on any atom is 0.243 e. The van der Waals surface area contributed by atoms with Crippen LogP contribution in [-0.2, 0) is 20.9 Å². The van der Waals surface area contributed by atoms with E-state index in [0.29, 0.717) is 32.5 Å². The second kappa shape index (κ2) is 10.7. The van der Waals surface area contributed by atoms with Gasteiger partial charge in [-0.05, 0) is 30.7 Å². The minimum atomic E-state index is -0.519. The van der Waals surface area contributed by atoms with Gasteiger partial charge in [0, 0.05) is 32.5 Å². The van der Waals surface area contributed by atoms with Crippen molar-refractivity contribution in [3.63, 3.8) is 0 Å². The highest BCUT2D eigenvalue weighted by atomic mass is 16.2. The van der Waals surface area contributed by atoms with Crippen LogP contribution in [0.3, 0.4) is 0 Å². The van der Waals surface area contributed by atoms with Gasteiger partial charge >= 0.3 is 0 Å². The molecule has 0 aliphatic carbocycles. The predicted molar refractivity (Wildman–Crippen MR) is 105 cm³/mol. The lowest BCUT2D eigenvalue weighted by atomic mass is 9.99. The van der Waals surface area contributed by atoms with Crippen molar-refractivity contribution in [1.82, 2.24) is 15.5 Å². The summed E-state index contributed by atoms with van der Waals surface area (Å²) in [4.78, 5) is 39.3. The third-order valence-electron chi connectivity index (χ3n) is 4.77. The highest BCUT2D eigenvalue weighted by Crippen LogP contribution is 2.18. The van der Waals surface area contributed by atoms with E-state index in [0.717, 1.165) is 18.4 Å². The van der Waals surface area contributed by atoms with Gasteiger partial charge in [-0.25, -0.2) is 0 Å². The fourth-order valence-electron chi connectivity index (χ4n) is 3.35. The summed E-state index contributed by atoms with van der Waals surface area (Å²) in [7, 11) is 0. The molecule has 2 rings (SSSR count). The first-order chi connectivity index (χ1) is 13.0. The van der Waals surface area contributed by atoms with E-state index in [1.165, 1.54) is 0 Å². The Morgan fingerprint density at radius 2 is 1.63 bits per heavy atom. The molecule has 6 nitrogen and oxygen atoms in total. The molecule has 6 heteroatoms. The zero-order valence-electron chi connectivity index (χ0n) is 16.4. The van der Waals surface area contributed by atoms with Gasteiger partial charge in [0.25, 0.3) is 0 Å². The molecule has 1 atom stereocenters. The molecule has 1 aromatic carbocycles. The van der Waals surface area contributed by atoms with Crippen LogP contribution in [0.2, 0.25) is 0 Å². The highest BCUT2D eigenvalue weighted by Gasteiger charge is 2.32. The monoisotopic (exact) mass is 373 g/mol. The van der Waals surface area contributed by atoms with Crippen molar-refractivity contribution in [1.29, 1.82) is 0 Å². The Morgan fingerprint density at radius 3 is 2.30 bits per heavy atom. The van der Waals surface area contributed by atoms with Gasteiger partial charge < -0.3 is 15.5 Å². The van der Waals surface area contributed by atoms with Gasteiger partial charge in [0.05, 0.1) is 0 Å². The second-order valence-corrected chi connectivity index (χ2v) is 7.40. The van der Waals surface area contributed by atoms with Crippen molar-refractivity contribution in [2.45, 2.75) is 58.5 Å². The number of hydrogen-bond acceptors (Lipinski definition) is 3. The molecule has 1 heterocycles. The molecule has 0 radical (unpaired) electrons. The minimum Gasteiger partial charge on any atom is -0.356 e. The number of amides is 3. The normalized spacial score (nSPS) is 20.8. The molecule has 1 aliphatic rings. The van der Waals surface area contributed by atoms with Crippen LogP contribution in [-0.4, -0.2) is 41.8 Å². The summed E-state index contributed by atoms with van der Waals surface area (Å²) in [5.74, 6) is -0.208. The van der Waals surface area contributed by atoms with Crippen LogP contribution in [0.4, 0.5) is 0 Å². The van der Waals surface area contributed by atoms with Gasteiger partial charge in [0.15, 0.2) is 0 Å². The molecule has 1 fully saturated rings. The van der Waals surface area contributed by atoms with Crippen molar-refractivity contribution in [3.8, 4) is 0 Å². The number of hydrogen-bond donors (Lipinski definition) is 2. The molecular formula is C21H31N3O3. The molecule has 0 bridgehead atoms. The van der Waals surface area contributed by atoms with Crippen LogP contribution in [0.15, 0.2) is 30.3 Å². The molecule has 2 N–H and O–H groups in total. The van der Waals surface area contributed by atoms with Crippen LogP contribution in [0, 0.1) is 5.92 Å². The van der Waals surface area contributed by atoms with Crippen molar-refractivity contribution < 1.29 is 14.4 Å². The SMILES string of the molecule is CC(C)C1C(=O)NCCCCNC(=O)CCCC(=O)N1Cc1ccccc1. The van der Waals surface area contributed by atoms with E-state index >= 15 is 0 Å². The number of carbonyl (C=O) groups excluding carboxylic acids is 3. The highest BCUT2D eigenvalue weighted by molar-refractivity contribution is 5.88. The van der Waals surface area contributed by atoms with Crippen LogP contribution >= 0.6 is 0 Å². The van der Waals surface area contributed by atoms with Crippen LogP contribution < -0.4 is 10.6 Å². The molecule has 3 amide bonds.